The minimum Gasteiger partial charge on any atom is -0.164 e. The zero-order valence-corrected chi connectivity index (χ0v) is 24.8. The number of rotatable bonds is 4. The van der Waals surface area contributed by atoms with Crippen molar-refractivity contribution in [2.24, 2.45) is 47.3 Å². The summed E-state index contributed by atoms with van der Waals surface area (Å²) < 4.78 is 0. The molecule has 0 nitrogen and oxygen atoms in total. The molecule has 0 spiro atoms. The van der Waals surface area contributed by atoms with E-state index in [0.717, 1.165) is 47.3 Å². The monoisotopic (exact) mass is 563 g/mol. The molecule has 0 radical (unpaired) electrons. The molecule has 8 aliphatic rings. The van der Waals surface area contributed by atoms with Crippen molar-refractivity contribution in [2.75, 3.05) is 0 Å². The van der Waals surface area contributed by atoms with Crippen LogP contribution in [0.3, 0.4) is 0 Å². The van der Waals surface area contributed by atoms with Gasteiger partial charge in [0.05, 0.1) is 0 Å². The Bertz CT molecular complexity index is 1240. The van der Waals surface area contributed by atoms with Gasteiger partial charge in [0.15, 0.2) is 0 Å². The summed E-state index contributed by atoms with van der Waals surface area (Å²) in [5.74, 6) is 8.21. The van der Waals surface area contributed by atoms with Crippen LogP contribution < -0.4 is 0 Å². The van der Waals surface area contributed by atoms with Crippen LogP contribution in [0.1, 0.15) is 81.8 Å². The van der Waals surface area contributed by atoms with Crippen LogP contribution in [-0.4, -0.2) is 0 Å². The summed E-state index contributed by atoms with van der Waals surface area (Å²) in [5, 5.41) is 2.94. The normalized spacial score (nSPS) is 40.9. The number of hydrogen-bond acceptors (Lipinski definition) is 0. The molecule has 0 aliphatic heterocycles. The van der Waals surface area contributed by atoms with Gasteiger partial charge >= 0.3 is 0 Å². The molecule has 3 aromatic carbocycles. The number of benzene rings is 2. The van der Waals surface area contributed by atoms with Crippen molar-refractivity contribution in [3.05, 3.63) is 65.7 Å². The van der Waals surface area contributed by atoms with E-state index < -0.39 is 0 Å². The molecule has 8 fully saturated rings. The quantitative estimate of drug-likeness (QED) is 0.277. The molecule has 0 N–H and O–H groups in total. The third-order valence-electron chi connectivity index (χ3n) is 12.6. The van der Waals surface area contributed by atoms with E-state index in [1.165, 1.54) is 66.8 Å². The summed E-state index contributed by atoms with van der Waals surface area (Å²) >= 11 is 0. The van der Waals surface area contributed by atoms with Crippen LogP contribution in [-0.2, 0) is 38.0 Å². The molecule has 190 valence electrons. The first-order valence-corrected chi connectivity index (χ1v) is 15.5. The Morgan fingerprint density at radius 1 is 0.676 bits per heavy atom. The molecule has 3 aromatic rings. The maximum absolute atomic E-state index is 2.57. The Kier molecular flexibility index (Phi) is 5.60. The second-order valence-corrected chi connectivity index (χ2v) is 14.7. The van der Waals surface area contributed by atoms with E-state index >= 15 is 0 Å². The Hall–Kier alpha value is -1.07. The van der Waals surface area contributed by atoms with Gasteiger partial charge in [-0.1, -0.05) is 35.9 Å². The average Bonchev–Trinajstić information content (AvgIpc) is 3.28. The zero-order valence-electron chi connectivity index (χ0n) is 22.3. The molecule has 8 saturated carbocycles. The molecule has 0 heterocycles. The summed E-state index contributed by atoms with van der Waals surface area (Å²) in [6.07, 6.45) is 18.0. The molecular formula is C36H41Zr-. The summed E-state index contributed by atoms with van der Waals surface area (Å²) in [6, 6.07) is 22.1. The Balaban J connectivity index is 0.00000215. The largest absolute Gasteiger partial charge is 0.164 e. The van der Waals surface area contributed by atoms with Gasteiger partial charge in [-0.15, -0.1) is 34.5 Å². The number of fused-ring (bicyclic) bond motifs is 1. The fraction of sp³-hybridized carbons (Fsp3) is 0.583. The van der Waals surface area contributed by atoms with Gasteiger partial charge < -0.3 is 0 Å². The summed E-state index contributed by atoms with van der Waals surface area (Å²) in [6.45, 7) is 0. The predicted molar refractivity (Wildman–Crippen MR) is 149 cm³/mol. The summed E-state index contributed by atoms with van der Waals surface area (Å²) in [5.41, 5.74) is 6.63. The molecular weight excluding hydrogens is 524 g/mol. The third kappa shape index (κ3) is 3.79. The third-order valence-corrected chi connectivity index (χ3v) is 12.6. The SMILES string of the molecule is [Zr].c1cc(-c2ccc(C34CC5CC(CC(C5)C3)C4)cc2)c2cc(CC3C4CC5CC(C4)CC3C5)[cH-]c2c1. The maximum atomic E-state index is 2.57. The topological polar surface area (TPSA) is 0 Å². The fourth-order valence-corrected chi connectivity index (χ4v) is 11.8. The van der Waals surface area contributed by atoms with Crippen LogP contribution in [0.15, 0.2) is 54.6 Å². The van der Waals surface area contributed by atoms with Gasteiger partial charge in [0.2, 0.25) is 0 Å². The van der Waals surface area contributed by atoms with Crippen LogP contribution in [0.2, 0.25) is 0 Å². The van der Waals surface area contributed by atoms with Crippen molar-refractivity contribution in [2.45, 2.75) is 82.5 Å². The first-order chi connectivity index (χ1) is 17.7. The van der Waals surface area contributed by atoms with Crippen molar-refractivity contribution in [3.8, 4) is 11.1 Å². The van der Waals surface area contributed by atoms with E-state index in [-0.39, 0.29) is 26.2 Å². The molecule has 8 bridgehead atoms. The average molecular weight is 565 g/mol. The van der Waals surface area contributed by atoms with Crippen LogP contribution in [0.4, 0.5) is 0 Å². The van der Waals surface area contributed by atoms with E-state index in [9.17, 15) is 0 Å². The van der Waals surface area contributed by atoms with Crippen molar-refractivity contribution < 1.29 is 26.2 Å². The smallest absolute Gasteiger partial charge is 0 e. The fourth-order valence-electron chi connectivity index (χ4n) is 11.8. The predicted octanol–water partition coefficient (Wildman–Crippen LogP) is 9.31. The van der Waals surface area contributed by atoms with Gasteiger partial charge in [-0.05, 0) is 141 Å². The van der Waals surface area contributed by atoms with Crippen molar-refractivity contribution in [1.29, 1.82) is 0 Å². The molecule has 0 aromatic heterocycles. The minimum absolute atomic E-state index is 0. The molecule has 8 aliphatic carbocycles. The van der Waals surface area contributed by atoms with Crippen LogP contribution in [0, 0.1) is 47.3 Å². The Morgan fingerprint density at radius 3 is 1.89 bits per heavy atom. The van der Waals surface area contributed by atoms with Crippen LogP contribution in [0.5, 0.6) is 0 Å². The van der Waals surface area contributed by atoms with Crippen molar-refractivity contribution in [1.82, 2.24) is 0 Å². The van der Waals surface area contributed by atoms with E-state index in [4.69, 9.17) is 0 Å². The summed E-state index contributed by atoms with van der Waals surface area (Å²) in [7, 11) is 0. The maximum Gasteiger partial charge on any atom is 0 e. The van der Waals surface area contributed by atoms with Gasteiger partial charge in [0, 0.05) is 26.2 Å². The van der Waals surface area contributed by atoms with Gasteiger partial charge in [-0.25, -0.2) is 0 Å². The van der Waals surface area contributed by atoms with Gasteiger partial charge in [0.1, 0.15) is 0 Å². The molecule has 1 heteroatoms. The van der Waals surface area contributed by atoms with E-state index in [1.54, 1.807) is 43.2 Å². The molecule has 37 heavy (non-hydrogen) atoms. The zero-order chi connectivity index (χ0) is 23.4. The van der Waals surface area contributed by atoms with Crippen LogP contribution in [0.25, 0.3) is 21.9 Å². The summed E-state index contributed by atoms with van der Waals surface area (Å²) in [4.78, 5) is 0. The molecule has 0 atom stereocenters. The van der Waals surface area contributed by atoms with E-state index in [0.29, 0.717) is 5.41 Å². The van der Waals surface area contributed by atoms with E-state index in [2.05, 4.69) is 54.6 Å². The number of hydrogen-bond donors (Lipinski definition) is 0. The first-order valence-electron chi connectivity index (χ1n) is 15.5. The minimum atomic E-state index is 0. The van der Waals surface area contributed by atoms with Crippen molar-refractivity contribution >= 4 is 10.8 Å². The Morgan fingerprint density at radius 2 is 1.27 bits per heavy atom. The van der Waals surface area contributed by atoms with Gasteiger partial charge in [0.25, 0.3) is 0 Å². The standard InChI is InChI=1S/C36H41.Zr/c1-2-29-12-24(17-34-30-13-22-8-23(15-30)16-31(34)14-22)18-35(29)33(3-1)28-4-6-32(7-5-28)36-19-25-9-26(20-36)11-27(10-25)21-36;/h1-7,12,18,22-23,25-27,30-31,34H,8-11,13-17,19-21H2;/q-1;. The van der Waals surface area contributed by atoms with E-state index in [1.807, 2.05) is 0 Å². The Labute approximate surface area is 242 Å². The molecule has 11 rings (SSSR count). The van der Waals surface area contributed by atoms with Gasteiger partial charge in [-0.3, -0.25) is 0 Å². The second-order valence-electron chi connectivity index (χ2n) is 14.7. The molecule has 0 saturated heterocycles. The molecule has 0 unspecified atom stereocenters. The van der Waals surface area contributed by atoms with Crippen LogP contribution >= 0.6 is 0 Å². The second kappa shape index (κ2) is 8.72. The molecule has 0 amide bonds. The van der Waals surface area contributed by atoms with Gasteiger partial charge in [-0.2, -0.15) is 6.07 Å². The van der Waals surface area contributed by atoms with Crippen molar-refractivity contribution in [3.63, 3.8) is 0 Å². The first kappa shape index (κ1) is 23.8.